The molecule has 0 aromatic carbocycles. The summed E-state index contributed by atoms with van der Waals surface area (Å²) in [6.45, 7) is 4.55. The first-order chi connectivity index (χ1) is 6.22. The predicted octanol–water partition coefficient (Wildman–Crippen LogP) is 2.93. The molecule has 0 aromatic heterocycles. The third-order valence-corrected chi connectivity index (χ3v) is 2.86. The number of aliphatic imine (C=N–C) groups is 1. The van der Waals surface area contributed by atoms with Crippen LogP contribution in [0.3, 0.4) is 0 Å². The molecule has 1 rings (SSSR count). The molecule has 0 aliphatic heterocycles. The molecule has 0 atom stereocenters. The van der Waals surface area contributed by atoms with Crippen LogP contribution in [0.2, 0.25) is 0 Å². The second-order valence-electron chi connectivity index (χ2n) is 4.52. The van der Waals surface area contributed by atoms with E-state index in [0.717, 1.165) is 24.7 Å². The van der Waals surface area contributed by atoms with Crippen LogP contribution >= 0.6 is 0 Å². The third kappa shape index (κ3) is 3.73. The van der Waals surface area contributed by atoms with E-state index in [1.165, 1.54) is 19.3 Å². The summed E-state index contributed by atoms with van der Waals surface area (Å²) in [6, 6.07) is 0.279. The summed E-state index contributed by atoms with van der Waals surface area (Å²) in [4.78, 5) is 13.8. The van der Waals surface area contributed by atoms with Crippen LogP contribution in [-0.2, 0) is 4.79 Å². The predicted molar refractivity (Wildman–Crippen MR) is 53.3 cm³/mol. The normalized spacial score (nSPS) is 28.5. The number of rotatable bonds is 3. The molecule has 13 heavy (non-hydrogen) atoms. The summed E-state index contributed by atoms with van der Waals surface area (Å²) in [6.07, 6.45) is 7.67. The Balaban J connectivity index is 2.26. The van der Waals surface area contributed by atoms with E-state index in [-0.39, 0.29) is 6.04 Å². The van der Waals surface area contributed by atoms with Crippen LogP contribution in [0.25, 0.3) is 0 Å². The van der Waals surface area contributed by atoms with E-state index in [0.29, 0.717) is 0 Å². The Bertz CT molecular complexity index is 186. The molecule has 2 heteroatoms. The molecule has 0 aromatic rings. The van der Waals surface area contributed by atoms with Crippen molar-refractivity contribution in [2.45, 2.75) is 52.0 Å². The fourth-order valence-electron chi connectivity index (χ4n) is 2.25. The highest BCUT2D eigenvalue weighted by molar-refractivity contribution is 5.33. The molecule has 0 spiro atoms. The van der Waals surface area contributed by atoms with Crippen molar-refractivity contribution in [2.75, 3.05) is 0 Å². The minimum atomic E-state index is 0.279. The van der Waals surface area contributed by atoms with E-state index in [2.05, 4.69) is 18.8 Å². The lowest BCUT2D eigenvalue weighted by atomic mass is 9.82. The van der Waals surface area contributed by atoms with E-state index in [1.807, 2.05) is 0 Å². The number of isocyanates is 1. The summed E-state index contributed by atoms with van der Waals surface area (Å²) in [5.74, 6) is 1.68. The topological polar surface area (TPSA) is 29.4 Å². The van der Waals surface area contributed by atoms with E-state index in [9.17, 15) is 4.79 Å². The highest BCUT2D eigenvalue weighted by atomic mass is 16.1. The molecule has 2 nitrogen and oxygen atoms in total. The van der Waals surface area contributed by atoms with Gasteiger partial charge in [0.1, 0.15) is 0 Å². The molecule has 0 unspecified atom stereocenters. The number of carbonyl (C=O) groups excluding carboxylic acids is 1. The molecule has 0 bridgehead atoms. The average Bonchev–Trinajstić information content (AvgIpc) is 2.08. The van der Waals surface area contributed by atoms with Gasteiger partial charge in [-0.3, -0.25) is 0 Å². The molecule has 0 N–H and O–H groups in total. The fourth-order valence-corrected chi connectivity index (χ4v) is 2.25. The summed E-state index contributed by atoms with van der Waals surface area (Å²) in [5.41, 5.74) is 0. The lowest BCUT2D eigenvalue weighted by Gasteiger charge is -2.26. The Morgan fingerprint density at radius 2 is 1.92 bits per heavy atom. The molecule has 0 heterocycles. The van der Waals surface area contributed by atoms with Crippen molar-refractivity contribution in [1.82, 2.24) is 0 Å². The van der Waals surface area contributed by atoms with Gasteiger partial charge < -0.3 is 0 Å². The molecule has 1 saturated carbocycles. The van der Waals surface area contributed by atoms with Gasteiger partial charge in [0, 0.05) is 0 Å². The lowest BCUT2D eigenvalue weighted by molar-refractivity contribution is 0.284. The third-order valence-electron chi connectivity index (χ3n) is 2.86. The minimum Gasteiger partial charge on any atom is -0.211 e. The number of nitrogens with zero attached hydrogens (tertiary/aromatic N) is 1. The van der Waals surface area contributed by atoms with Gasteiger partial charge in [0.25, 0.3) is 0 Å². The molecular weight excluding hydrogens is 162 g/mol. The molecule has 74 valence electrons. The number of hydrogen-bond acceptors (Lipinski definition) is 2. The Labute approximate surface area is 80.4 Å². The van der Waals surface area contributed by atoms with Crippen LogP contribution in [0.5, 0.6) is 0 Å². The van der Waals surface area contributed by atoms with Gasteiger partial charge in [-0.25, -0.2) is 9.79 Å². The van der Waals surface area contributed by atoms with Gasteiger partial charge >= 0.3 is 0 Å². The van der Waals surface area contributed by atoms with Crippen LogP contribution in [0.15, 0.2) is 4.99 Å². The second-order valence-corrected chi connectivity index (χ2v) is 4.52. The Morgan fingerprint density at radius 1 is 1.31 bits per heavy atom. The zero-order valence-corrected chi connectivity index (χ0v) is 8.62. The number of hydrogen-bond donors (Lipinski definition) is 0. The van der Waals surface area contributed by atoms with Crippen LogP contribution in [-0.4, -0.2) is 12.1 Å². The van der Waals surface area contributed by atoms with Crippen molar-refractivity contribution in [3.63, 3.8) is 0 Å². The summed E-state index contributed by atoms with van der Waals surface area (Å²) in [5, 5.41) is 0. The molecular formula is C11H19NO. The quantitative estimate of drug-likeness (QED) is 0.486. The monoisotopic (exact) mass is 181 g/mol. The van der Waals surface area contributed by atoms with Crippen LogP contribution in [0.4, 0.5) is 0 Å². The maximum Gasteiger partial charge on any atom is 0.235 e. The largest absolute Gasteiger partial charge is 0.235 e. The standard InChI is InChI=1S/C11H19NO/c1-9(2)7-10-3-5-11(6-4-10)12-8-13/h9-11H,3-7H2,1-2H3. The highest BCUT2D eigenvalue weighted by Gasteiger charge is 2.20. The smallest absolute Gasteiger partial charge is 0.211 e. The van der Waals surface area contributed by atoms with Gasteiger partial charge in [-0.15, -0.1) is 0 Å². The van der Waals surface area contributed by atoms with Gasteiger partial charge in [0.15, 0.2) is 0 Å². The molecule has 0 saturated heterocycles. The maximum absolute atomic E-state index is 10.0. The van der Waals surface area contributed by atoms with Crippen molar-refractivity contribution in [2.24, 2.45) is 16.8 Å². The van der Waals surface area contributed by atoms with Gasteiger partial charge in [0.2, 0.25) is 6.08 Å². The van der Waals surface area contributed by atoms with Gasteiger partial charge in [-0.05, 0) is 43.9 Å². The summed E-state index contributed by atoms with van der Waals surface area (Å²) < 4.78 is 0. The lowest BCUT2D eigenvalue weighted by Crippen LogP contribution is -2.18. The Kier molecular flexibility index (Phi) is 4.17. The van der Waals surface area contributed by atoms with Crippen LogP contribution in [0, 0.1) is 11.8 Å². The van der Waals surface area contributed by atoms with Crippen molar-refractivity contribution in [3.8, 4) is 0 Å². The van der Waals surface area contributed by atoms with Crippen LogP contribution < -0.4 is 0 Å². The maximum atomic E-state index is 10.0. The summed E-state index contributed by atoms with van der Waals surface area (Å²) in [7, 11) is 0. The molecule has 1 aliphatic carbocycles. The molecule has 1 fully saturated rings. The van der Waals surface area contributed by atoms with E-state index in [4.69, 9.17) is 0 Å². The zero-order chi connectivity index (χ0) is 9.68. The van der Waals surface area contributed by atoms with Gasteiger partial charge in [0.05, 0.1) is 6.04 Å². The van der Waals surface area contributed by atoms with E-state index < -0.39 is 0 Å². The van der Waals surface area contributed by atoms with Crippen LogP contribution in [0.1, 0.15) is 46.0 Å². The Hall–Kier alpha value is -0.620. The molecule has 0 radical (unpaired) electrons. The SMILES string of the molecule is CC(C)CC1CCC(N=C=O)CC1. The summed E-state index contributed by atoms with van der Waals surface area (Å²) >= 11 is 0. The van der Waals surface area contributed by atoms with Crippen molar-refractivity contribution in [1.29, 1.82) is 0 Å². The first-order valence-electron chi connectivity index (χ1n) is 5.29. The van der Waals surface area contributed by atoms with E-state index in [1.54, 1.807) is 6.08 Å². The molecule has 1 aliphatic rings. The minimum absolute atomic E-state index is 0.279. The fraction of sp³-hybridized carbons (Fsp3) is 0.909. The van der Waals surface area contributed by atoms with Crippen molar-refractivity contribution in [3.05, 3.63) is 0 Å². The van der Waals surface area contributed by atoms with Crippen molar-refractivity contribution < 1.29 is 4.79 Å². The van der Waals surface area contributed by atoms with E-state index >= 15 is 0 Å². The first-order valence-corrected chi connectivity index (χ1v) is 5.29. The average molecular weight is 181 g/mol. The first kappa shape index (κ1) is 10.5. The zero-order valence-electron chi connectivity index (χ0n) is 8.62. The molecule has 0 amide bonds. The Morgan fingerprint density at radius 3 is 2.38 bits per heavy atom. The van der Waals surface area contributed by atoms with Gasteiger partial charge in [-0.2, -0.15) is 0 Å². The highest BCUT2D eigenvalue weighted by Crippen LogP contribution is 2.30. The second kappa shape index (κ2) is 5.18. The van der Waals surface area contributed by atoms with Gasteiger partial charge in [-0.1, -0.05) is 13.8 Å². The van der Waals surface area contributed by atoms with Crippen molar-refractivity contribution >= 4 is 6.08 Å².